The number of H-pyrrole nitrogens is 1. The first-order valence-corrected chi connectivity index (χ1v) is 10.7. The van der Waals surface area contributed by atoms with Gasteiger partial charge in [-0.15, -0.1) is 0 Å². The fourth-order valence-corrected chi connectivity index (χ4v) is 4.32. The van der Waals surface area contributed by atoms with Gasteiger partial charge in [-0.3, -0.25) is 4.79 Å². The Morgan fingerprint density at radius 3 is 2.29 bits per heavy atom. The van der Waals surface area contributed by atoms with E-state index in [9.17, 15) is 4.79 Å². The Morgan fingerprint density at radius 2 is 1.68 bits per heavy atom. The molecule has 0 saturated heterocycles. The molecular formula is C26H28N4O. The summed E-state index contributed by atoms with van der Waals surface area (Å²) in [6.45, 7) is 4.92. The van der Waals surface area contributed by atoms with Gasteiger partial charge < -0.3 is 15.3 Å². The van der Waals surface area contributed by atoms with Crippen molar-refractivity contribution in [2.45, 2.75) is 39.7 Å². The maximum absolute atomic E-state index is 12.5. The van der Waals surface area contributed by atoms with Crippen LogP contribution in [0, 0.1) is 6.92 Å². The van der Waals surface area contributed by atoms with Gasteiger partial charge in [0, 0.05) is 41.8 Å². The van der Waals surface area contributed by atoms with Crippen LogP contribution >= 0.6 is 0 Å². The highest BCUT2D eigenvalue weighted by molar-refractivity contribution is 6.02. The van der Waals surface area contributed by atoms with E-state index < -0.39 is 0 Å². The maximum atomic E-state index is 12.5. The number of carbonyl (C=O) groups excluding carboxylic acids is 1. The van der Waals surface area contributed by atoms with E-state index >= 15 is 0 Å². The number of aryl methyl sites for hydroxylation is 1. The van der Waals surface area contributed by atoms with E-state index in [1.54, 1.807) is 6.33 Å². The molecule has 0 aliphatic rings. The molecule has 0 unspecified atom stereocenters. The lowest BCUT2D eigenvalue weighted by molar-refractivity contribution is 0.1000. The van der Waals surface area contributed by atoms with E-state index in [4.69, 9.17) is 5.73 Å². The zero-order chi connectivity index (χ0) is 21.8. The molecule has 3 N–H and O–H groups in total. The second-order valence-electron chi connectivity index (χ2n) is 7.82. The van der Waals surface area contributed by atoms with Gasteiger partial charge in [0.05, 0.1) is 11.9 Å². The van der Waals surface area contributed by atoms with Crippen molar-refractivity contribution >= 4 is 5.91 Å². The Kier molecular flexibility index (Phi) is 6.03. The number of carbonyl (C=O) groups is 1. The van der Waals surface area contributed by atoms with Crippen LogP contribution in [0.15, 0.2) is 67.1 Å². The van der Waals surface area contributed by atoms with Crippen molar-refractivity contribution < 1.29 is 4.79 Å². The number of imidazole rings is 1. The number of rotatable bonds is 8. The lowest BCUT2D eigenvalue weighted by Gasteiger charge is -2.13. The smallest absolute Gasteiger partial charge is 0.251 e. The normalized spacial score (nSPS) is 11.0. The molecule has 31 heavy (non-hydrogen) atoms. The minimum atomic E-state index is -0.378. The fourth-order valence-electron chi connectivity index (χ4n) is 4.32. The van der Waals surface area contributed by atoms with E-state index in [1.165, 1.54) is 11.3 Å². The maximum Gasteiger partial charge on any atom is 0.251 e. The first-order chi connectivity index (χ1) is 15.1. The van der Waals surface area contributed by atoms with Crippen LogP contribution in [0.5, 0.6) is 0 Å². The second-order valence-corrected chi connectivity index (χ2v) is 7.82. The molecule has 5 nitrogen and oxygen atoms in total. The first kappa shape index (κ1) is 20.7. The van der Waals surface area contributed by atoms with Crippen molar-refractivity contribution in [3.8, 4) is 22.3 Å². The number of aromatic nitrogens is 3. The van der Waals surface area contributed by atoms with Crippen LogP contribution in [-0.2, 0) is 19.4 Å². The van der Waals surface area contributed by atoms with E-state index in [0.29, 0.717) is 5.56 Å². The van der Waals surface area contributed by atoms with Crippen LogP contribution in [0.3, 0.4) is 0 Å². The van der Waals surface area contributed by atoms with Crippen molar-refractivity contribution in [1.29, 1.82) is 0 Å². The summed E-state index contributed by atoms with van der Waals surface area (Å²) < 4.78 is 2.25. The molecule has 4 rings (SSSR count). The molecule has 0 atom stereocenters. The quantitative estimate of drug-likeness (QED) is 0.420. The Hall–Kier alpha value is -3.60. The molecule has 2 aromatic carbocycles. The lowest BCUT2D eigenvalue weighted by atomic mass is 9.96. The number of benzene rings is 2. The van der Waals surface area contributed by atoms with Gasteiger partial charge in [-0.05, 0) is 30.0 Å². The molecule has 0 bridgehead atoms. The minimum absolute atomic E-state index is 0.378. The third-order valence-electron chi connectivity index (χ3n) is 5.80. The molecule has 0 aliphatic carbocycles. The molecule has 5 heteroatoms. The summed E-state index contributed by atoms with van der Waals surface area (Å²) in [5, 5.41) is 0. The summed E-state index contributed by atoms with van der Waals surface area (Å²) in [6, 6.07) is 18.7. The van der Waals surface area contributed by atoms with Crippen LogP contribution in [0.4, 0.5) is 0 Å². The zero-order valence-electron chi connectivity index (χ0n) is 18.1. The molecule has 0 aliphatic heterocycles. The number of hydrogen-bond donors (Lipinski definition) is 2. The zero-order valence-corrected chi connectivity index (χ0v) is 18.1. The highest BCUT2D eigenvalue weighted by atomic mass is 16.1. The van der Waals surface area contributed by atoms with E-state index in [0.717, 1.165) is 53.9 Å². The Morgan fingerprint density at radius 1 is 1.00 bits per heavy atom. The second kappa shape index (κ2) is 9.04. The summed E-state index contributed by atoms with van der Waals surface area (Å²) in [5.74, 6) is -0.378. The van der Waals surface area contributed by atoms with E-state index in [1.807, 2.05) is 31.3 Å². The average Bonchev–Trinajstić information content (AvgIpc) is 3.40. The Bertz CT molecular complexity index is 1160. The van der Waals surface area contributed by atoms with Crippen molar-refractivity contribution in [2.75, 3.05) is 0 Å². The highest BCUT2D eigenvalue weighted by Gasteiger charge is 2.24. The van der Waals surface area contributed by atoms with Crippen LogP contribution in [0.25, 0.3) is 22.3 Å². The number of amides is 1. The summed E-state index contributed by atoms with van der Waals surface area (Å²) in [7, 11) is 0. The molecule has 4 aromatic rings. The number of primary amides is 1. The molecule has 2 heterocycles. The van der Waals surface area contributed by atoms with Crippen LogP contribution < -0.4 is 5.73 Å². The van der Waals surface area contributed by atoms with Gasteiger partial charge in [-0.25, -0.2) is 4.98 Å². The van der Waals surface area contributed by atoms with Crippen LogP contribution in [0.1, 0.15) is 40.8 Å². The fraction of sp³-hybridized carbons (Fsp3) is 0.231. The standard InChI is InChI=1S/C26H28N4O/c1-3-7-23-25(21-12-10-20(11-13-21)19-8-5-4-6-9-19)24(26(27)31)18(2)30(23)15-14-22-16-28-17-29-22/h4-6,8-13,16-17H,3,7,14-15H2,1-2H3,(H2,27,31)(H,28,29). The van der Waals surface area contributed by atoms with Gasteiger partial charge in [0.15, 0.2) is 0 Å². The number of hydrogen-bond acceptors (Lipinski definition) is 2. The van der Waals surface area contributed by atoms with E-state index in [2.05, 4.69) is 57.9 Å². The van der Waals surface area contributed by atoms with Gasteiger partial charge in [0.2, 0.25) is 0 Å². The number of nitrogens with one attached hydrogen (secondary N) is 1. The molecule has 1 amide bonds. The lowest BCUT2D eigenvalue weighted by Crippen LogP contribution is -2.14. The first-order valence-electron chi connectivity index (χ1n) is 10.7. The third kappa shape index (κ3) is 4.17. The minimum Gasteiger partial charge on any atom is -0.366 e. The van der Waals surface area contributed by atoms with Crippen molar-refractivity contribution in [3.05, 3.63) is 89.8 Å². The summed E-state index contributed by atoms with van der Waals surface area (Å²) in [6.07, 6.45) is 6.22. The summed E-state index contributed by atoms with van der Waals surface area (Å²) in [4.78, 5) is 19.8. The number of nitrogens with zero attached hydrogens (tertiary/aromatic N) is 2. The molecule has 158 valence electrons. The van der Waals surface area contributed by atoms with Gasteiger partial charge in [0.25, 0.3) is 5.91 Å². The molecular weight excluding hydrogens is 384 g/mol. The summed E-state index contributed by atoms with van der Waals surface area (Å²) >= 11 is 0. The largest absolute Gasteiger partial charge is 0.366 e. The monoisotopic (exact) mass is 412 g/mol. The summed E-state index contributed by atoms with van der Waals surface area (Å²) in [5.41, 5.74) is 14.0. The average molecular weight is 413 g/mol. The number of nitrogens with two attached hydrogens (primary N) is 1. The third-order valence-corrected chi connectivity index (χ3v) is 5.80. The highest BCUT2D eigenvalue weighted by Crippen LogP contribution is 2.35. The van der Waals surface area contributed by atoms with Gasteiger partial charge in [-0.2, -0.15) is 0 Å². The Labute approximate surface area is 183 Å². The predicted molar refractivity (Wildman–Crippen MR) is 125 cm³/mol. The Balaban J connectivity index is 1.78. The topological polar surface area (TPSA) is 76.7 Å². The van der Waals surface area contributed by atoms with Crippen LogP contribution in [-0.4, -0.2) is 20.4 Å². The van der Waals surface area contributed by atoms with Gasteiger partial charge in [0.1, 0.15) is 0 Å². The van der Waals surface area contributed by atoms with Crippen molar-refractivity contribution in [2.24, 2.45) is 5.73 Å². The molecule has 0 radical (unpaired) electrons. The van der Waals surface area contributed by atoms with E-state index in [-0.39, 0.29) is 5.91 Å². The molecule has 0 spiro atoms. The number of aromatic amines is 1. The molecule has 0 fully saturated rings. The van der Waals surface area contributed by atoms with Gasteiger partial charge >= 0.3 is 0 Å². The van der Waals surface area contributed by atoms with Crippen molar-refractivity contribution in [1.82, 2.24) is 14.5 Å². The van der Waals surface area contributed by atoms with Crippen LogP contribution in [0.2, 0.25) is 0 Å². The molecule has 0 saturated carbocycles. The van der Waals surface area contributed by atoms with Gasteiger partial charge in [-0.1, -0.05) is 67.9 Å². The predicted octanol–water partition coefficient (Wildman–Crippen LogP) is 5.15. The SMILES string of the molecule is CCCc1c(-c2ccc(-c3ccccc3)cc2)c(C(N)=O)c(C)n1CCc1cnc[nH]1. The van der Waals surface area contributed by atoms with Crippen molar-refractivity contribution in [3.63, 3.8) is 0 Å². The molecule has 2 aromatic heterocycles.